The van der Waals surface area contributed by atoms with Crippen LogP contribution in [0.2, 0.25) is 0 Å². The molecule has 2 aromatic carbocycles. The van der Waals surface area contributed by atoms with Crippen molar-refractivity contribution in [2.75, 3.05) is 0 Å². The number of benzene rings is 2. The fourth-order valence-electron chi connectivity index (χ4n) is 4.80. The zero-order chi connectivity index (χ0) is 25.8. The van der Waals surface area contributed by atoms with Crippen LogP contribution >= 0.6 is 0 Å². The number of fused-ring (bicyclic) bond motifs is 1. The van der Waals surface area contributed by atoms with Crippen molar-refractivity contribution in [1.82, 2.24) is 0 Å². The molecule has 0 bridgehead atoms. The maximum Gasteiger partial charge on any atom is 0.394 e. The van der Waals surface area contributed by atoms with Gasteiger partial charge in [0.25, 0.3) is 0 Å². The number of rotatable bonds is 18. The third kappa shape index (κ3) is 16.8. The van der Waals surface area contributed by atoms with Gasteiger partial charge >= 0.3 is 10.4 Å². The molecule has 35 heavy (non-hydrogen) atoms. The van der Waals surface area contributed by atoms with E-state index in [1.54, 1.807) is 11.1 Å². The van der Waals surface area contributed by atoms with Crippen LogP contribution in [0.5, 0.6) is 0 Å². The molecule has 0 heterocycles. The maximum atomic E-state index is 8.74. The molecule has 0 aliphatic heterocycles. The van der Waals surface area contributed by atoms with Crippen molar-refractivity contribution in [3.8, 4) is 0 Å². The molecule has 0 atom stereocenters. The van der Waals surface area contributed by atoms with Gasteiger partial charge in [-0.1, -0.05) is 140 Å². The van der Waals surface area contributed by atoms with Gasteiger partial charge in [0.05, 0.1) is 0 Å². The van der Waals surface area contributed by atoms with E-state index in [0.29, 0.717) is 0 Å². The second-order valence-corrected chi connectivity index (χ2v) is 10.7. The summed E-state index contributed by atoms with van der Waals surface area (Å²) in [6, 6.07) is 13.8. The summed E-state index contributed by atoms with van der Waals surface area (Å²) in [4.78, 5) is 0. The Bertz CT molecular complexity index is 884. The third-order valence-corrected chi connectivity index (χ3v) is 6.72. The minimum Gasteiger partial charge on any atom is -0.264 e. The van der Waals surface area contributed by atoms with Crippen LogP contribution in [-0.4, -0.2) is 17.5 Å². The second-order valence-electron chi connectivity index (χ2n) is 9.82. The highest BCUT2D eigenvalue weighted by Gasteiger charge is 2.08. The van der Waals surface area contributed by atoms with Crippen LogP contribution < -0.4 is 0 Å². The first-order chi connectivity index (χ1) is 16.9. The van der Waals surface area contributed by atoms with Crippen molar-refractivity contribution in [3.63, 3.8) is 0 Å². The highest BCUT2D eigenvalue weighted by atomic mass is 32.3. The van der Waals surface area contributed by atoms with Gasteiger partial charge < -0.3 is 0 Å². The Morgan fingerprint density at radius 3 is 1.51 bits per heavy atom. The standard InChI is InChI=1S/C30H48.H2O4S/c1-3-5-7-9-11-13-15-17-21-27-25-26-28-22-19-20-24-30(28)29(27)23-18-16-14-12-10-8-6-4-2;1-5(2,3)4/h19-20,22,24-26H,3-18,21,23H2,1-2H3;(H2,1,2,3,4). The molecule has 0 spiro atoms. The van der Waals surface area contributed by atoms with E-state index >= 15 is 0 Å². The van der Waals surface area contributed by atoms with E-state index < -0.39 is 10.4 Å². The largest absolute Gasteiger partial charge is 0.394 e. The van der Waals surface area contributed by atoms with E-state index in [4.69, 9.17) is 17.5 Å². The molecule has 5 heteroatoms. The highest BCUT2D eigenvalue weighted by Crippen LogP contribution is 2.26. The van der Waals surface area contributed by atoms with Crippen molar-refractivity contribution in [2.45, 2.75) is 129 Å². The Balaban J connectivity index is 0.00000111. The fourth-order valence-corrected chi connectivity index (χ4v) is 4.80. The Kier molecular flexibility index (Phi) is 17.8. The lowest BCUT2D eigenvalue weighted by molar-refractivity contribution is 0.381. The summed E-state index contributed by atoms with van der Waals surface area (Å²) in [5.74, 6) is 0. The van der Waals surface area contributed by atoms with E-state index in [0.717, 1.165) is 0 Å². The predicted octanol–water partition coefficient (Wildman–Crippen LogP) is 9.55. The lowest BCUT2D eigenvalue weighted by atomic mass is 9.91. The summed E-state index contributed by atoms with van der Waals surface area (Å²) in [6.45, 7) is 4.60. The SMILES string of the molecule is CCCCCCCCCCc1ccc2ccccc2c1CCCCCCCCCC.O=S(=O)(O)O. The Hall–Kier alpha value is -1.43. The Morgan fingerprint density at radius 1 is 0.571 bits per heavy atom. The first-order valence-corrected chi connectivity index (χ1v) is 15.5. The van der Waals surface area contributed by atoms with Gasteiger partial charge in [0.2, 0.25) is 0 Å². The number of unbranched alkanes of at least 4 members (excludes halogenated alkanes) is 14. The van der Waals surface area contributed by atoms with Crippen LogP contribution in [0.1, 0.15) is 128 Å². The lowest BCUT2D eigenvalue weighted by Gasteiger charge is -2.14. The number of aryl methyl sites for hydroxylation is 2. The van der Waals surface area contributed by atoms with Crippen LogP contribution in [-0.2, 0) is 23.2 Å². The fraction of sp³-hybridized carbons (Fsp3) is 0.667. The van der Waals surface area contributed by atoms with Crippen molar-refractivity contribution < 1.29 is 17.5 Å². The van der Waals surface area contributed by atoms with Crippen molar-refractivity contribution in [2.24, 2.45) is 0 Å². The van der Waals surface area contributed by atoms with Crippen molar-refractivity contribution >= 4 is 21.2 Å². The van der Waals surface area contributed by atoms with Crippen molar-refractivity contribution in [3.05, 3.63) is 47.5 Å². The number of hydrogen-bond donors (Lipinski definition) is 2. The quantitative estimate of drug-likeness (QED) is 0.156. The van der Waals surface area contributed by atoms with Crippen LogP contribution in [0.4, 0.5) is 0 Å². The van der Waals surface area contributed by atoms with E-state index in [2.05, 4.69) is 50.2 Å². The molecule has 0 aliphatic rings. The zero-order valence-electron chi connectivity index (χ0n) is 22.3. The van der Waals surface area contributed by atoms with Gasteiger partial charge in [-0.15, -0.1) is 0 Å². The third-order valence-electron chi connectivity index (χ3n) is 6.72. The normalized spacial score (nSPS) is 11.4. The molecule has 4 nitrogen and oxygen atoms in total. The molecule has 0 radical (unpaired) electrons. The predicted molar refractivity (Wildman–Crippen MR) is 151 cm³/mol. The van der Waals surface area contributed by atoms with E-state index in [9.17, 15) is 0 Å². The topological polar surface area (TPSA) is 74.6 Å². The molecule has 0 unspecified atom stereocenters. The Morgan fingerprint density at radius 2 is 1.00 bits per heavy atom. The molecule has 0 fully saturated rings. The van der Waals surface area contributed by atoms with Gasteiger partial charge in [0, 0.05) is 0 Å². The lowest BCUT2D eigenvalue weighted by Crippen LogP contribution is -1.97. The summed E-state index contributed by atoms with van der Waals surface area (Å²) in [5, 5.41) is 2.93. The molecule has 0 amide bonds. The molecule has 0 aliphatic carbocycles. The maximum absolute atomic E-state index is 8.74. The summed E-state index contributed by atoms with van der Waals surface area (Å²) in [6.07, 6.45) is 25.0. The van der Waals surface area contributed by atoms with Gasteiger partial charge in [0.15, 0.2) is 0 Å². The minimum absolute atomic E-state index is 1.27. The summed E-state index contributed by atoms with van der Waals surface area (Å²) < 4.78 is 31.6. The molecule has 0 aromatic heterocycles. The number of hydrogen-bond acceptors (Lipinski definition) is 2. The monoisotopic (exact) mass is 506 g/mol. The molecule has 0 saturated carbocycles. The van der Waals surface area contributed by atoms with Crippen LogP contribution in [0.3, 0.4) is 0 Å². The molecular formula is C30H50O4S. The molecule has 2 rings (SSSR count). The van der Waals surface area contributed by atoms with Gasteiger partial charge in [0.1, 0.15) is 0 Å². The van der Waals surface area contributed by atoms with Gasteiger partial charge in [-0.2, -0.15) is 8.42 Å². The van der Waals surface area contributed by atoms with Crippen molar-refractivity contribution in [1.29, 1.82) is 0 Å². The molecular weight excluding hydrogens is 456 g/mol. The molecule has 2 aromatic rings. The van der Waals surface area contributed by atoms with Gasteiger partial charge in [-0.05, 0) is 47.6 Å². The smallest absolute Gasteiger partial charge is 0.264 e. The summed E-state index contributed by atoms with van der Waals surface area (Å²) in [7, 11) is -4.67. The summed E-state index contributed by atoms with van der Waals surface area (Å²) >= 11 is 0. The molecule has 2 N–H and O–H groups in total. The highest BCUT2D eigenvalue weighted by molar-refractivity contribution is 7.79. The van der Waals surface area contributed by atoms with E-state index in [-0.39, 0.29) is 0 Å². The minimum atomic E-state index is -4.67. The first-order valence-electron chi connectivity index (χ1n) is 14.1. The molecule has 0 saturated heterocycles. The second kappa shape index (κ2) is 19.7. The average molecular weight is 507 g/mol. The van der Waals surface area contributed by atoms with Gasteiger partial charge in [-0.25, -0.2) is 0 Å². The van der Waals surface area contributed by atoms with Crippen LogP contribution in [0.15, 0.2) is 36.4 Å². The van der Waals surface area contributed by atoms with Crippen LogP contribution in [0, 0.1) is 0 Å². The first kappa shape index (κ1) is 31.6. The van der Waals surface area contributed by atoms with Gasteiger partial charge in [-0.3, -0.25) is 9.11 Å². The van der Waals surface area contributed by atoms with Crippen LogP contribution in [0.25, 0.3) is 10.8 Å². The Labute approximate surface area is 215 Å². The van der Waals surface area contributed by atoms with E-state index in [1.807, 2.05) is 0 Å². The average Bonchev–Trinajstić information content (AvgIpc) is 2.82. The summed E-state index contributed by atoms with van der Waals surface area (Å²) in [5.41, 5.74) is 3.28. The molecule has 200 valence electrons. The van der Waals surface area contributed by atoms with E-state index in [1.165, 1.54) is 126 Å². The zero-order valence-corrected chi connectivity index (χ0v) is 23.1.